The van der Waals surface area contributed by atoms with E-state index in [1.807, 2.05) is 24.3 Å². The molecule has 8 heteroatoms. The fourth-order valence-corrected chi connectivity index (χ4v) is 4.85. The van der Waals surface area contributed by atoms with E-state index >= 15 is 0 Å². The molecule has 1 amide bonds. The first-order valence-corrected chi connectivity index (χ1v) is 10.8. The van der Waals surface area contributed by atoms with Gasteiger partial charge in [-0.15, -0.1) is 11.3 Å². The molecule has 0 fully saturated rings. The number of fused-ring (bicyclic) bond motifs is 1. The number of aromatic nitrogens is 1. The monoisotopic (exact) mass is 438 g/mol. The molecule has 0 bridgehead atoms. The Morgan fingerprint density at radius 3 is 2.60 bits per heavy atom. The zero-order valence-corrected chi connectivity index (χ0v) is 16.5. The minimum Gasteiger partial charge on any atom is -0.326 e. The number of thiazole rings is 1. The van der Waals surface area contributed by atoms with Crippen molar-refractivity contribution in [2.24, 2.45) is 0 Å². The van der Waals surface area contributed by atoms with E-state index in [4.69, 9.17) is 0 Å². The standard InChI is InChI=1S/C17H15BrN2O3S2/c1-2-25(22,23)17-20-14-8-7-13(10-15(14)24-17)19-16(21)9-11-3-5-12(18)6-4-11/h3-8,10H,2,9H2,1H3,(H,19,21). The Bertz CT molecular complexity index is 1030. The highest BCUT2D eigenvalue weighted by atomic mass is 79.9. The van der Waals surface area contributed by atoms with Crippen LogP contribution in [0.15, 0.2) is 51.3 Å². The first-order valence-electron chi connectivity index (χ1n) is 7.55. The summed E-state index contributed by atoms with van der Waals surface area (Å²) in [5.74, 6) is -0.114. The number of amides is 1. The van der Waals surface area contributed by atoms with Gasteiger partial charge >= 0.3 is 0 Å². The summed E-state index contributed by atoms with van der Waals surface area (Å²) in [5.41, 5.74) is 2.15. The highest BCUT2D eigenvalue weighted by Gasteiger charge is 2.17. The van der Waals surface area contributed by atoms with Crippen LogP contribution in [-0.2, 0) is 21.1 Å². The highest BCUT2D eigenvalue weighted by molar-refractivity contribution is 9.10. The Balaban J connectivity index is 1.77. The molecule has 1 N–H and O–H groups in total. The molecule has 3 rings (SSSR count). The number of carbonyl (C=O) groups is 1. The lowest BCUT2D eigenvalue weighted by atomic mass is 10.1. The van der Waals surface area contributed by atoms with Crippen LogP contribution in [0, 0.1) is 0 Å². The van der Waals surface area contributed by atoms with Crippen LogP contribution in [0.4, 0.5) is 5.69 Å². The van der Waals surface area contributed by atoms with Crippen molar-refractivity contribution in [1.82, 2.24) is 4.98 Å². The van der Waals surface area contributed by atoms with Gasteiger partial charge in [-0.2, -0.15) is 0 Å². The van der Waals surface area contributed by atoms with Gasteiger partial charge in [-0.3, -0.25) is 4.79 Å². The van der Waals surface area contributed by atoms with E-state index in [2.05, 4.69) is 26.2 Å². The van der Waals surface area contributed by atoms with Crippen LogP contribution in [0.3, 0.4) is 0 Å². The van der Waals surface area contributed by atoms with Crippen molar-refractivity contribution in [2.45, 2.75) is 17.7 Å². The summed E-state index contributed by atoms with van der Waals surface area (Å²) in [6, 6.07) is 12.8. The van der Waals surface area contributed by atoms with E-state index in [1.165, 1.54) is 0 Å². The number of halogens is 1. The molecule has 0 aliphatic heterocycles. The number of benzene rings is 2. The fraction of sp³-hybridized carbons (Fsp3) is 0.176. The predicted octanol–water partition coefficient (Wildman–Crippen LogP) is 4.03. The molecular weight excluding hydrogens is 424 g/mol. The summed E-state index contributed by atoms with van der Waals surface area (Å²) in [7, 11) is -3.32. The first kappa shape index (κ1) is 18.0. The topological polar surface area (TPSA) is 76.1 Å². The Morgan fingerprint density at radius 2 is 1.92 bits per heavy atom. The number of nitrogens with one attached hydrogen (secondary N) is 1. The molecule has 3 aromatic rings. The molecule has 0 aliphatic rings. The van der Waals surface area contributed by atoms with Crippen LogP contribution >= 0.6 is 27.3 Å². The second-order valence-electron chi connectivity index (χ2n) is 5.42. The molecule has 5 nitrogen and oxygen atoms in total. The van der Waals surface area contributed by atoms with E-state index in [0.29, 0.717) is 11.2 Å². The third kappa shape index (κ3) is 4.26. The average molecular weight is 439 g/mol. The van der Waals surface area contributed by atoms with Crippen molar-refractivity contribution >= 4 is 58.9 Å². The van der Waals surface area contributed by atoms with Gasteiger partial charge in [-0.1, -0.05) is 35.0 Å². The van der Waals surface area contributed by atoms with E-state index in [0.717, 1.165) is 26.1 Å². The van der Waals surface area contributed by atoms with Gasteiger partial charge in [0.25, 0.3) is 0 Å². The lowest BCUT2D eigenvalue weighted by Crippen LogP contribution is -2.14. The Morgan fingerprint density at radius 1 is 1.20 bits per heavy atom. The lowest BCUT2D eigenvalue weighted by Gasteiger charge is -2.05. The molecule has 2 aromatic carbocycles. The number of anilines is 1. The molecule has 1 heterocycles. The maximum atomic E-state index is 12.2. The largest absolute Gasteiger partial charge is 0.326 e. The Hall–Kier alpha value is -1.77. The smallest absolute Gasteiger partial charge is 0.228 e. The second-order valence-corrected chi connectivity index (χ2v) is 9.82. The zero-order chi connectivity index (χ0) is 18.0. The van der Waals surface area contributed by atoms with E-state index in [9.17, 15) is 13.2 Å². The highest BCUT2D eigenvalue weighted by Crippen LogP contribution is 2.28. The Kier molecular flexibility index (Phi) is 5.21. The van der Waals surface area contributed by atoms with Crippen molar-refractivity contribution in [3.05, 3.63) is 52.5 Å². The molecular formula is C17H15BrN2O3S2. The number of rotatable bonds is 5. The molecule has 130 valence electrons. The van der Waals surface area contributed by atoms with Crippen molar-refractivity contribution in [3.63, 3.8) is 0 Å². The van der Waals surface area contributed by atoms with E-state index < -0.39 is 9.84 Å². The summed E-state index contributed by atoms with van der Waals surface area (Å²) in [5, 5.41) is 2.84. The van der Waals surface area contributed by atoms with Gasteiger partial charge in [0.05, 0.1) is 22.4 Å². The number of carbonyl (C=O) groups excluding carboxylic acids is 1. The quantitative estimate of drug-likeness (QED) is 0.651. The van der Waals surface area contributed by atoms with Gasteiger partial charge in [-0.25, -0.2) is 13.4 Å². The predicted molar refractivity (Wildman–Crippen MR) is 104 cm³/mol. The van der Waals surface area contributed by atoms with Gasteiger partial charge < -0.3 is 5.32 Å². The van der Waals surface area contributed by atoms with Crippen molar-refractivity contribution in [3.8, 4) is 0 Å². The maximum Gasteiger partial charge on any atom is 0.228 e. The lowest BCUT2D eigenvalue weighted by molar-refractivity contribution is -0.115. The molecule has 0 saturated heterocycles. The average Bonchev–Trinajstić information content (AvgIpc) is 3.01. The van der Waals surface area contributed by atoms with Gasteiger partial charge in [0, 0.05) is 10.2 Å². The number of nitrogens with zero attached hydrogens (tertiary/aromatic N) is 1. The summed E-state index contributed by atoms with van der Waals surface area (Å²) < 4.78 is 25.7. The number of hydrogen-bond acceptors (Lipinski definition) is 5. The van der Waals surface area contributed by atoms with Crippen LogP contribution in [0.5, 0.6) is 0 Å². The molecule has 0 spiro atoms. The number of sulfone groups is 1. The van der Waals surface area contributed by atoms with Crippen molar-refractivity contribution in [2.75, 3.05) is 11.1 Å². The van der Waals surface area contributed by atoms with Crippen LogP contribution in [0.2, 0.25) is 0 Å². The maximum absolute atomic E-state index is 12.2. The van der Waals surface area contributed by atoms with Crippen LogP contribution in [0.25, 0.3) is 10.2 Å². The normalized spacial score (nSPS) is 11.6. The molecule has 0 saturated carbocycles. The van der Waals surface area contributed by atoms with Crippen molar-refractivity contribution < 1.29 is 13.2 Å². The minimum absolute atomic E-state index is 0.0175. The SMILES string of the molecule is CCS(=O)(=O)c1nc2ccc(NC(=O)Cc3ccc(Br)cc3)cc2s1. The van der Waals surface area contributed by atoms with Gasteiger partial charge in [0.1, 0.15) is 0 Å². The summed E-state index contributed by atoms with van der Waals surface area (Å²) >= 11 is 4.48. The molecule has 0 radical (unpaired) electrons. The Labute approximate surface area is 158 Å². The van der Waals surface area contributed by atoms with Gasteiger partial charge in [0.2, 0.25) is 20.1 Å². The second kappa shape index (κ2) is 7.23. The van der Waals surface area contributed by atoms with Gasteiger partial charge in [0.15, 0.2) is 0 Å². The summed E-state index contributed by atoms with van der Waals surface area (Å²) in [6.07, 6.45) is 0.267. The summed E-state index contributed by atoms with van der Waals surface area (Å²) in [6.45, 7) is 1.59. The first-order chi connectivity index (χ1) is 11.9. The van der Waals surface area contributed by atoms with Gasteiger partial charge in [-0.05, 0) is 35.9 Å². The molecule has 25 heavy (non-hydrogen) atoms. The van der Waals surface area contributed by atoms with E-state index in [-0.39, 0.29) is 22.4 Å². The van der Waals surface area contributed by atoms with Crippen LogP contribution in [0.1, 0.15) is 12.5 Å². The molecule has 0 unspecified atom stereocenters. The van der Waals surface area contributed by atoms with E-state index in [1.54, 1.807) is 25.1 Å². The zero-order valence-electron chi connectivity index (χ0n) is 13.3. The molecule has 0 atom stereocenters. The number of hydrogen-bond donors (Lipinski definition) is 1. The van der Waals surface area contributed by atoms with Crippen LogP contribution in [-0.4, -0.2) is 25.1 Å². The summed E-state index contributed by atoms with van der Waals surface area (Å²) in [4.78, 5) is 16.3. The molecule has 0 aliphatic carbocycles. The van der Waals surface area contributed by atoms with Crippen molar-refractivity contribution in [1.29, 1.82) is 0 Å². The minimum atomic E-state index is -3.32. The molecule has 1 aromatic heterocycles. The third-order valence-corrected chi connectivity index (χ3v) is 7.31. The fourth-order valence-electron chi connectivity index (χ4n) is 2.23. The van der Waals surface area contributed by atoms with Crippen LogP contribution < -0.4 is 5.32 Å². The third-order valence-electron chi connectivity index (χ3n) is 3.58.